The van der Waals surface area contributed by atoms with Crippen molar-refractivity contribution in [2.45, 2.75) is 32.0 Å². The number of benzene rings is 1. The molecule has 1 amide bonds. The lowest BCUT2D eigenvalue weighted by molar-refractivity contribution is -0.123. The molecule has 1 heterocycles. The number of sulfonamides is 1. The number of ether oxygens (including phenoxy) is 1. The van der Waals surface area contributed by atoms with Crippen molar-refractivity contribution in [2.24, 2.45) is 5.41 Å². The predicted octanol–water partition coefficient (Wildman–Crippen LogP) is 2.42. The van der Waals surface area contributed by atoms with E-state index in [9.17, 15) is 18.0 Å². The van der Waals surface area contributed by atoms with Gasteiger partial charge in [-0.15, -0.1) is 10.2 Å². The Balaban J connectivity index is 2.26. The normalized spacial score (nSPS) is 11.7. The zero-order valence-corrected chi connectivity index (χ0v) is 17.1. The Labute approximate surface area is 161 Å². The monoisotopic (exact) mass is 412 g/mol. The number of esters is 1. The van der Waals surface area contributed by atoms with Crippen LogP contribution in [0, 0.1) is 12.3 Å². The molecule has 0 saturated carbocycles. The molecule has 1 aromatic carbocycles. The van der Waals surface area contributed by atoms with Crippen molar-refractivity contribution >= 4 is 44.1 Å². The lowest BCUT2D eigenvalue weighted by Gasteiger charge is -2.15. The molecular weight excluding hydrogens is 392 g/mol. The Morgan fingerprint density at radius 1 is 1.19 bits per heavy atom. The lowest BCUT2D eigenvalue weighted by Crippen LogP contribution is -2.27. The van der Waals surface area contributed by atoms with Crippen LogP contribution in [0.25, 0.3) is 0 Å². The average Bonchev–Trinajstić information content (AvgIpc) is 3.04. The van der Waals surface area contributed by atoms with E-state index in [1.54, 1.807) is 27.7 Å². The van der Waals surface area contributed by atoms with Crippen molar-refractivity contribution < 1.29 is 22.7 Å². The first-order valence-electron chi connectivity index (χ1n) is 7.81. The molecule has 0 aliphatic carbocycles. The molecule has 2 N–H and O–H groups in total. The summed E-state index contributed by atoms with van der Waals surface area (Å²) in [5.41, 5.74) is 0.217. The molecule has 27 heavy (non-hydrogen) atoms. The van der Waals surface area contributed by atoms with Gasteiger partial charge in [-0.2, -0.15) is 8.42 Å². The fourth-order valence-electron chi connectivity index (χ4n) is 1.92. The van der Waals surface area contributed by atoms with E-state index in [4.69, 9.17) is 0 Å². The molecule has 0 unspecified atom stereocenters. The van der Waals surface area contributed by atoms with Crippen molar-refractivity contribution in [1.82, 2.24) is 10.2 Å². The third-order valence-corrected chi connectivity index (χ3v) is 6.09. The van der Waals surface area contributed by atoms with Crippen LogP contribution in [0.4, 0.5) is 10.8 Å². The first-order chi connectivity index (χ1) is 12.5. The molecule has 1 aromatic heterocycles. The zero-order valence-electron chi connectivity index (χ0n) is 15.5. The van der Waals surface area contributed by atoms with Gasteiger partial charge in [-0.3, -0.25) is 9.52 Å². The van der Waals surface area contributed by atoms with Gasteiger partial charge < -0.3 is 10.1 Å². The van der Waals surface area contributed by atoms with E-state index < -0.39 is 21.4 Å². The van der Waals surface area contributed by atoms with Crippen LogP contribution in [0.1, 0.15) is 36.7 Å². The number of aromatic nitrogens is 2. The van der Waals surface area contributed by atoms with Gasteiger partial charge >= 0.3 is 5.97 Å². The number of rotatable bonds is 5. The maximum Gasteiger partial charge on any atom is 0.338 e. The molecule has 0 bridgehead atoms. The maximum absolute atomic E-state index is 12.6. The van der Waals surface area contributed by atoms with Crippen molar-refractivity contribution in [3.05, 3.63) is 29.3 Å². The number of carbonyl (C=O) groups excluding carboxylic acids is 2. The van der Waals surface area contributed by atoms with Crippen LogP contribution in [0.3, 0.4) is 0 Å². The fourth-order valence-corrected chi connectivity index (χ4v) is 3.94. The smallest absolute Gasteiger partial charge is 0.338 e. The van der Waals surface area contributed by atoms with Gasteiger partial charge in [-0.1, -0.05) is 38.2 Å². The molecule has 0 radical (unpaired) electrons. The van der Waals surface area contributed by atoms with Crippen molar-refractivity contribution in [3.63, 3.8) is 0 Å². The molecule has 0 saturated heterocycles. The summed E-state index contributed by atoms with van der Waals surface area (Å²) >= 11 is 0.728. The Kier molecular flexibility index (Phi) is 5.85. The van der Waals surface area contributed by atoms with Crippen LogP contribution in [-0.2, 0) is 19.6 Å². The van der Waals surface area contributed by atoms with Gasteiger partial charge in [0.2, 0.25) is 11.0 Å². The minimum atomic E-state index is -4.04. The molecule has 0 aliphatic heterocycles. The molecule has 146 valence electrons. The summed E-state index contributed by atoms with van der Waals surface area (Å²) in [6.45, 7) is 6.76. The van der Waals surface area contributed by atoms with Gasteiger partial charge in [0.15, 0.2) is 0 Å². The van der Waals surface area contributed by atoms with Crippen molar-refractivity contribution in [1.29, 1.82) is 0 Å². The number of nitrogens with one attached hydrogen (secondary N) is 2. The Bertz CT molecular complexity index is 977. The molecule has 11 heteroatoms. The van der Waals surface area contributed by atoms with Crippen LogP contribution in [0.2, 0.25) is 0 Å². The number of anilines is 2. The minimum absolute atomic E-state index is 0.0790. The van der Waals surface area contributed by atoms with E-state index in [-0.39, 0.29) is 26.6 Å². The third-order valence-electron chi connectivity index (χ3n) is 3.52. The number of methoxy groups -OCH3 is 1. The quantitative estimate of drug-likeness (QED) is 0.570. The Hall–Kier alpha value is -2.53. The molecule has 2 rings (SSSR count). The SMILES string of the molecule is COC(=O)c1cccc(NS(=O)(=O)c2nnc(NC(=O)C(C)(C)C)s2)c1C. The van der Waals surface area contributed by atoms with E-state index in [0.29, 0.717) is 5.56 Å². The minimum Gasteiger partial charge on any atom is -0.465 e. The van der Waals surface area contributed by atoms with Gasteiger partial charge in [-0.05, 0) is 24.6 Å². The fraction of sp³-hybridized carbons (Fsp3) is 0.375. The van der Waals surface area contributed by atoms with Gasteiger partial charge in [0.25, 0.3) is 14.4 Å². The predicted molar refractivity (Wildman–Crippen MR) is 101 cm³/mol. The lowest BCUT2D eigenvalue weighted by atomic mass is 9.96. The molecule has 0 spiro atoms. The summed E-state index contributed by atoms with van der Waals surface area (Å²) in [5.74, 6) is -0.881. The van der Waals surface area contributed by atoms with Gasteiger partial charge in [0.05, 0.1) is 18.4 Å². The summed E-state index contributed by atoms with van der Waals surface area (Å²) in [4.78, 5) is 23.7. The molecule has 0 aliphatic rings. The first-order valence-corrected chi connectivity index (χ1v) is 10.1. The van der Waals surface area contributed by atoms with Crippen LogP contribution in [0.5, 0.6) is 0 Å². The van der Waals surface area contributed by atoms with E-state index in [2.05, 4.69) is 25.0 Å². The highest BCUT2D eigenvalue weighted by Crippen LogP contribution is 2.27. The van der Waals surface area contributed by atoms with Crippen LogP contribution < -0.4 is 10.0 Å². The van der Waals surface area contributed by atoms with Crippen LogP contribution >= 0.6 is 11.3 Å². The summed E-state index contributed by atoms with van der Waals surface area (Å²) in [5, 5.41) is 9.95. The highest BCUT2D eigenvalue weighted by Gasteiger charge is 2.26. The highest BCUT2D eigenvalue weighted by molar-refractivity contribution is 7.94. The summed E-state index contributed by atoms with van der Waals surface area (Å²) < 4.78 is 31.9. The topological polar surface area (TPSA) is 127 Å². The molecule has 9 nitrogen and oxygen atoms in total. The third kappa shape index (κ3) is 4.80. The average molecular weight is 412 g/mol. The van der Waals surface area contributed by atoms with E-state index in [1.807, 2.05) is 0 Å². The standard InChI is InChI=1S/C16H20N4O5S2/c1-9-10(12(21)25-5)7-6-8-11(9)20-27(23,24)15-19-18-14(26-15)17-13(22)16(2,3)4/h6-8,20H,1-5H3,(H,17,18,22). The number of hydrogen-bond donors (Lipinski definition) is 2. The Morgan fingerprint density at radius 3 is 2.44 bits per heavy atom. The largest absolute Gasteiger partial charge is 0.465 e. The van der Waals surface area contributed by atoms with E-state index in [0.717, 1.165) is 11.3 Å². The van der Waals surface area contributed by atoms with Crippen LogP contribution in [-0.4, -0.2) is 37.6 Å². The van der Waals surface area contributed by atoms with Gasteiger partial charge in [0.1, 0.15) is 0 Å². The second kappa shape index (κ2) is 7.61. The van der Waals surface area contributed by atoms with Crippen LogP contribution in [0.15, 0.2) is 22.5 Å². The molecular formula is C16H20N4O5S2. The summed E-state index contributed by atoms with van der Waals surface area (Å²) in [6, 6.07) is 4.58. The number of amides is 1. The first kappa shape index (κ1) is 20.8. The van der Waals surface area contributed by atoms with Gasteiger partial charge in [0, 0.05) is 5.41 Å². The van der Waals surface area contributed by atoms with E-state index >= 15 is 0 Å². The maximum atomic E-state index is 12.6. The second-order valence-corrected chi connectivity index (χ2v) is 9.49. The summed E-state index contributed by atoms with van der Waals surface area (Å²) in [6.07, 6.45) is 0. The highest BCUT2D eigenvalue weighted by atomic mass is 32.2. The molecule has 2 aromatic rings. The Morgan fingerprint density at radius 2 is 1.85 bits per heavy atom. The number of carbonyl (C=O) groups is 2. The molecule has 0 atom stereocenters. The van der Waals surface area contributed by atoms with Crippen molar-refractivity contribution in [2.75, 3.05) is 17.1 Å². The molecule has 0 fully saturated rings. The number of hydrogen-bond acceptors (Lipinski definition) is 8. The summed E-state index contributed by atoms with van der Waals surface area (Å²) in [7, 11) is -2.80. The van der Waals surface area contributed by atoms with Crippen molar-refractivity contribution in [3.8, 4) is 0 Å². The van der Waals surface area contributed by atoms with E-state index in [1.165, 1.54) is 25.3 Å². The van der Waals surface area contributed by atoms with Gasteiger partial charge in [-0.25, -0.2) is 4.79 Å². The zero-order chi connectivity index (χ0) is 20.4. The second-order valence-electron chi connectivity index (χ2n) is 6.65. The number of nitrogens with zero attached hydrogens (tertiary/aromatic N) is 2.